The van der Waals surface area contributed by atoms with Crippen molar-refractivity contribution < 1.29 is 13.9 Å². The molecule has 2 unspecified atom stereocenters. The quantitative estimate of drug-likeness (QED) is 0.547. The number of carbonyl (C=O) groups is 1. The molecular formula is C24H36FNO2S. The number of carbonyl (C=O) groups excluding carboxylic acids is 1. The van der Waals surface area contributed by atoms with Crippen LogP contribution in [0.5, 0.6) is 5.75 Å². The number of rotatable bonds is 7. The number of para-hydroxylation sites is 1. The van der Waals surface area contributed by atoms with Crippen molar-refractivity contribution in [2.75, 3.05) is 25.4 Å². The monoisotopic (exact) mass is 421 g/mol. The van der Waals surface area contributed by atoms with Gasteiger partial charge in [-0.15, -0.1) is 0 Å². The Hall–Kier alpha value is -1.23. The smallest absolute Gasteiger partial charge is 0.260 e. The number of likely N-dealkylation sites (N-methyl/N-ethyl adjacent to an activating group) is 1. The van der Waals surface area contributed by atoms with E-state index in [0.717, 1.165) is 18.4 Å². The van der Waals surface area contributed by atoms with Crippen molar-refractivity contribution in [2.24, 2.45) is 11.8 Å². The molecule has 1 amide bonds. The number of benzene rings is 1. The van der Waals surface area contributed by atoms with E-state index < -0.39 is 5.82 Å². The van der Waals surface area contributed by atoms with Crippen molar-refractivity contribution in [1.29, 1.82) is 0 Å². The van der Waals surface area contributed by atoms with Gasteiger partial charge < -0.3 is 9.64 Å². The molecular weight excluding hydrogens is 385 g/mol. The molecule has 1 aliphatic heterocycles. The van der Waals surface area contributed by atoms with E-state index in [1.165, 1.54) is 69.6 Å². The van der Waals surface area contributed by atoms with Gasteiger partial charge in [0.15, 0.2) is 18.2 Å². The van der Waals surface area contributed by atoms with E-state index in [9.17, 15) is 9.18 Å². The molecule has 162 valence electrons. The normalized spacial score (nSPS) is 23.8. The Labute approximate surface area is 179 Å². The Kier molecular flexibility index (Phi) is 9.16. The summed E-state index contributed by atoms with van der Waals surface area (Å²) in [6.07, 6.45) is 12.4. The fraction of sp³-hybridized carbons (Fsp3) is 0.708. The highest BCUT2D eigenvalue weighted by atomic mass is 32.2. The first-order valence-electron chi connectivity index (χ1n) is 11.4. The Morgan fingerprint density at radius 1 is 1.10 bits per heavy atom. The number of halogens is 1. The molecule has 1 aliphatic carbocycles. The Morgan fingerprint density at radius 3 is 2.48 bits per heavy atom. The molecule has 1 aromatic carbocycles. The van der Waals surface area contributed by atoms with Crippen LogP contribution in [-0.2, 0) is 4.79 Å². The van der Waals surface area contributed by atoms with Gasteiger partial charge in [0.2, 0.25) is 0 Å². The van der Waals surface area contributed by atoms with Gasteiger partial charge in [-0.2, -0.15) is 11.8 Å². The molecule has 2 fully saturated rings. The van der Waals surface area contributed by atoms with E-state index >= 15 is 0 Å². The van der Waals surface area contributed by atoms with Gasteiger partial charge in [-0.3, -0.25) is 4.79 Å². The molecule has 5 heteroatoms. The summed E-state index contributed by atoms with van der Waals surface area (Å²) in [5.74, 6) is 2.60. The summed E-state index contributed by atoms with van der Waals surface area (Å²) in [6, 6.07) is 6.25. The predicted molar refractivity (Wildman–Crippen MR) is 119 cm³/mol. The van der Waals surface area contributed by atoms with E-state index in [2.05, 4.69) is 0 Å². The largest absolute Gasteiger partial charge is 0.481 e. The number of amides is 1. The summed E-state index contributed by atoms with van der Waals surface area (Å²) in [7, 11) is 0. The number of thioether (sulfide) groups is 1. The summed E-state index contributed by atoms with van der Waals surface area (Å²) < 4.78 is 19.1. The van der Waals surface area contributed by atoms with Crippen molar-refractivity contribution in [3.05, 3.63) is 30.1 Å². The highest BCUT2D eigenvalue weighted by Gasteiger charge is 2.32. The lowest BCUT2D eigenvalue weighted by molar-refractivity contribution is -0.133. The number of ether oxygens (including phenoxy) is 1. The minimum Gasteiger partial charge on any atom is -0.481 e. The van der Waals surface area contributed by atoms with Gasteiger partial charge in [0.05, 0.1) is 0 Å². The molecule has 1 saturated heterocycles. The van der Waals surface area contributed by atoms with Crippen LogP contribution in [0.25, 0.3) is 0 Å². The van der Waals surface area contributed by atoms with E-state index in [1.54, 1.807) is 18.2 Å². The maximum absolute atomic E-state index is 13.7. The SMILES string of the molecule is CCN(CC1CC(C2CCCCCCCC2)CS1)C(=O)COc1ccccc1F. The highest BCUT2D eigenvalue weighted by molar-refractivity contribution is 8.00. The highest BCUT2D eigenvalue weighted by Crippen LogP contribution is 2.40. The topological polar surface area (TPSA) is 29.5 Å². The second-order valence-corrected chi connectivity index (χ2v) is 9.89. The minimum absolute atomic E-state index is 0.0535. The third-order valence-electron chi connectivity index (χ3n) is 6.52. The van der Waals surface area contributed by atoms with Crippen molar-refractivity contribution in [3.8, 4) is 5.75 Å². The van der Waals surface area contributed by atoms with Crippen LogP contribution in [0.15, 0.2) is 24.3 Å². The molecule has 3 rings (SSSR count). The zero-order valence-electron chi connectivity index (χ0n) is 17.8. The molecule has 0 aromatic heterocycles. The molecule has 0 bridgehead atoms. The second-order valence-electron chi connectivity index (χ2n) is 8.56. The molecule has 3 nitrogen and oxygen atoms in total. The van der Waals surface area contributed by atoms with Crippen molar-refractivity contribution in [1.82, 2.24) is 4.90 Å². The fourth-order valence-corrected chi connectivity index (χ4v) is 6.37. The lowest BCUT2D eigenvalue weighted by Gasteiger charge is -2.25. The molecule has 0 radical (unpaired) electrons. The van der Waals surface area contributed by atoms with Crippen LogP contribution < -0.4 is 4.74 Å². The van der Waals surface area contributed by atoms with E-state index in [-0.39, 0.29) is 18.3 Å². The lowest BCUT2D eigenvalue weighted by Crippen LogP contribution is -2.39. The molecule has 2 aliphatic rings. The first-order valence-corrected chi connectivity index (χ1v) is 12.5. The summed E-state index contributed by atoms with van der Waals surface area (Å²) in [5, 5.41) is 0.519. The van der Waals surface area contributed by atoms with Gasteiger partial charge in [0, 0.05) is 18.3 Å². The van der Waals surface area contributed by atoms with E-state index in [0.29, 0.717) is 11.8 Å². The van der Waals surface area contributed by atoms with Crippen LogP contribution in [0.3, 0.4) is 0 Å². The fourth-order valence-electron chi connectivity index (χ4n) is 4.77. The Bertz CT molecular complexity index is 631. The van der Waals surface area contributed by atoms with Crippen molar-refractivity contribution in [2.45, 2.75) is 70.0 Å². The van der Waals surface area contributed by atoms with Gasteiger partial charge >= 0.3 is 0 Å². The van der Waals surface area contributed by atoms with Crippen LogP contribution in [0.1, 0.15) is 64.7 Å². The molecule has 1 aromatic rings. The Balaban J connectivity index is 1.46. The first kappa shape index (κ1) is 22.5. The maximum Gasteiger partial charge on any atom is 0.260 e. The molecule has 29 heavy (non-hydrogen) atoms. The standard InChI is InChI=1S/C24H36FNO2S/c1-2-26(24(27)17-28-23-14-10-9-13-22(23)25)16-21-15-20(18-29-21)19-11-7-5-3-4-6-8-12-19/h9-10,13-14,19-21H,2-8,11-12,15-18H2,1H3. The van der Waals surface area contributed by atoms with Crippen LogP contribution in [0.4, 0.5) is 4.39 Å². The lowest BCUT2D eigenvalue weighted by atomic mass is 9.83. The summed E-state index contributed by atoms with van der Waals surface area (Å²) in [5.41, 5.74) is 0. The zero-order chi connectivity index (χ0) is 20.5. The van der Waals surface area contributed by atoms with Crippen LogP contribution in [0, 0.1) is 17.7 Å². The average molecular weight is 422 g/mol. The van der Waals surface area contributed by atoms with E-state index in [1.807, 2.05) is 23.6 Å². The predicted octanol–water partition coefficient (Wildman–Crippen LogP) is 5.93. The summed E-state index contributed by atoms with van der Waals surface area (Å²) in [4.78, 5) is 14.5. The Morgan fingerprint density at radius 2 is 1.79 bits per heavy atom. The van der Waals surface area contributed by atoms with Gasteiger partial charge in [-0.25, -0.2) is 4.39 Å². The number of hydrogen-bond donors (Lipinski definition) is 0. The minimum atomic E-state index is -0.424. The molecule has 1 saturated carbocycles. The van der Waals surface area contributed by atoms with Crippen molar-refractivity contribution >= 4 is 17.7 Å². The second kappa shape index (κ2) is 11.8. The van der Waals surface area contributed by atoms with Crippen LogP contribution in [0.2, 0.25) is 0 Å². The number of nitrogens with zero attached hydrogens (tertiary/aromatic N) is 1. The third kappa shape index (κ3) is 6.91. The first-order chi connectivity index (χ1) is 14.2. The molecule has 0 N–H and O–H groups in total. The molecule has 2 atom stereocenters. The number of hydrogen-bond acceptors (Lipinski definition) is 3. The third-order valence-corrected chi connectivity index (χ3v) is 7.96. The van der Waals surface area contributed by atoms with Crippen LogP contribution >= 0.6 is 11.8 Å². The van der Waals surface area contributed by atoms with Crippen molar-refractivity contribution in [3.63, 3.8) is 0 Å². The zero-order valence-corrected chi connectivity index (χ0v) is 18.6. The summed E-state index contributed by atoms with van der Waals surface area (Å²) in [6.45, 7) is 3.36. The molecule has 1 heterocycles. The van der Waals surface area contributed by atoms with E-state index in [4.69, 9.17) is 4.74 Å². The average Bonchev–Trinajstić information content (AvgIpc) is 3.23. The van der Waals surface area contributed by atoms with Gasteiger partial charge in [-0.05, 0) is 43.1 Å². The maximum atomic E-state index is 13.7. The van der Waals surface area contributed by atoms with Gasteiger partial charge in [0.25, 0.3) is 5.91 Å². The molecule has 0 spiro atoms. The summed E-state index contributed by atoms with van der Waals surface area (Å²) >= 11 is 2.04. The van der Waals surface area contributed by atoms with Gasteiger partial charge in [-0.1, -0.05) is 63.5 Å². The van der Waals surface area contributed by atoms with Crippen LogP contribution in [-0.4, -0.2) is 41.5 Å². The van der Waals surface area contributed by atoms with Gasteiger partial charge in [0.1, 0.15) is 0 Å².